The van der Waals surface area contributed by atoms with Crippen LogP contribution in [0, 0.1) is 17.5 Å². The van der Waals surface area contributed by atoms with Gasteiger partial charge >= 0.3 is 0 Å². The number of benzene rings is 1. The molecule has 0 bridgehead atoms. The monoisotopic (exact) mass is 315 g/mol. The predicted molar refractivity (Wildman–Crippen MR) is 79.1 cm³/mol. The standard InChI is InChI=1S/C14H16F3N3S/c1-7(5-6-18)13-12(20-14(19-2)21-13)8-3-4-9(15)11(17)10(8)16/h3-4,7H,5-6,18H2,1-2H3,(H,19,20). The van der Waals surface area contributed by atoms with Gasteiger partial charge in [-0.15, -0.1) is 11.3 Å². The molecule has 0 amide bonds. The second kappa shape index (κ2) is 6.44. The van der Waals surface area contributed by atoms with Crippen molar-refractivity contribution in [1.29, 1.82) is 0 Å². The molecule has 0 saturated heterocycles. The van der Waals surface area contributed by atoms with E-state index in [-0.39, 0.29) is 11.5 Å². The third-order valence-electron chi connectivity index (χ3n) is 3.20. The van der Waals surface area contributed by atoms with Crippen LogP contribution >= 0.6 is 11.3 Å². The summed E-state index contributed by atoms with van der Waals surface area (Å²) in [6.07, 6.45) is 0.698. The molecule has 1 aromatic carbocycles. The van der Waals surface area contributed by atoms with E-state index in [0.717, 1.165) is 10.9 Å². The topological polar surface area (TPSA) is 50.9 Å². The van der Waals surface area contributed by atoms with Gasteiger partial charge in [0.15, 0.2) is 22.6 Å². The van der Waals surface area contributed by atoms with Crippen molar-refractivity contribution in [1.82, 2.24) is 4.98 Å². The number of nitrogens with zero attached hydrogens (tertiary/aromatic N) is 1. The largest absolute Gasteiger partial charge is 0.365 e. The lowest BCUT2D eigenvalue weighted by Crippen LogP contribution is -2.05. The molecule has 0 aliphatic heterocycles. The Balaban J connectivity index is 2.57. The van der Waals surface area contributed by atoms with Crippen molar-refractivity contribution in [2.24, 2.45) is 5.73 Å². The average Bonchev–Trinajstić information content (AvgIpc) is 2.89. The summed E-state index contributed by atoms with van der Waals surface area (Å²) in [4.78, 5) is 5.07. The molecule has 21 heavy (non-hydrogen) atoms. The molecular formula is C14H16F3N3S. The first-order valence-electron chi connectivity index (χ1n) is 6.52. The van der Waals surface area contributed by atoms with Gasteiger partial charge < -0.3 is 11.1 Å². The second-order valence-electron chi connectivity index (χ2n) is 4.68. The average molecular weight is 315 g/mol. The molecule has 1 unspecified atom stereocenters. The van der Waals surface area contributed by atoms with Crippen molar-refractivity contribution in [3.63, 3.8) is 0 Å². The van der Waals surface area contributed by atoms with Crippen LogP contribution < -0.4 is 11.1 Å². The zero-order valence-electron chi connectivity index (χ0n) is 11.7. The molecule has 3 nitrogen and oxygen atoms in total. The Bertz CT molecular complexity index is 643. The molecule has 2 rings (SSSR count). The number of hydrogen-bond acceptors (Lipinski definition) is 4. The highest BCUT2D eigenvalue weighted by molar-refractivity contribution is 7.16. The molecule has 0 saturated carbocycles. The smallest absolute Gasteiger partial charge is 0.195 e. The number of rotatable bonds is 5. The highest BCUT2D eigenvalue weighted by Crippen LogP contribution is 2.38. The summed E-state index contributed by atoms with van der Waals surface area (Å²) >= 11 is 1.36. The van der Waals surface area contributed by atoms with Gasteiger partial charge in [0.1, 0.15) is 0 Å². The maximum atomic E-state index is 14.0. The van der Waals surface area contributed by atoms with E-state index in [0.29, 0.717) is 23.8 Å². The van der Waals surface area contributed by atoms with Crippen molar-refractivity contribution in [2.75, 3.05) is 18.9 Å². The van der Waals surface area contributed by atoms with E-state index in [2.05, 4.69) is 10.3 Å². The second-order valence-corrected chi connectivity index (χ2v) is 5.71. The number of nitrogens with one attached hydrogen (secondary N) is 1. The van der Waals surface area contributed by atoms with Crippen LogP contribution in [0.5, 0.6) is 0 Å². The summed E-state index contributed by atoms with van der Waals surface area (Å²) in [5.41, 5.74) is 5.85. The first kappa shape index (κ1) is 15.8. The van der Waals surface area contributed by atoms with Gasteiger partial charge in [0.25, 0.3) is 0 Å². The Morgan fingerprint density at radius 1 is 1.29 bits per heavy atom. The van der Waals surface area contributed by atoms with Gasteiger partial charge in [-0.2, -0.15) is 0 Å². The van der Waals surface area contributed by atoms with E-state index >= 15 is 0 Å². The first-order valence-corrected chi connectivity index (χ1v) is 7.33. The van der Waals surface area contributed by atoms with Crippen molar-refractivity contribution >= 4 is 16.5 Å². The Morgan fingerprint density at radius 3 is 2.62 bits per heavy atom. The molecule has 1 atom stereocenters. The van der Waals surface area contributed by atoms with Gasteiger partial charge in [0.2, 0.25) is 0 Å². The minimum absolute atomic E-state index is 0.0366. The fraction of sp³-hybridized carbons (Fsp3) is 0.357. The lowest BCUT2D eigenvalue weighted by molar-refractivity contribution is 0.448. The summed E-state index contributed by atoms with van der Waals surface area (Å²) in [7, 11) is 1.70. The first-order chi connectivity index (χ1) is 9.99. The lowest BCUT2D eigenvalue weighted by atomic mass is 10.0. The number of halogens is 3. The van der Waals surface area contributed by atoms with Crippen LogP contribution in [0.25, 0.3) is 11.3 Å². The van der Waals surface area contributed by atoms with Gasteiger partial charge in [-0.05, 0) is 31.0 Å². The molecule has 1 heterocycles. The van der Waals surface area contributed by atoms with Crippen molar-refractivity contribution in [3.8, 4) is 11.3 Å². The van der Waals surface area contributed by atoms with Crippen molar-refractivity contribution in [3.05, 3.63) is 34.5 Å². The normalized spacial score (nSPS) is 12.5. The van der Waals surface area contributed by atoms with Crippen molar-refractivity contribution in [2.45, 2.75) is 19.3 Å². The van der Waals surface area contributed by atoms with E-state index in [9.17, 15) is 13.2 Å². The number of hydrogen-bond donors (Lipinski definition) is 2. The van der Waals surface area contributed by atoms with Gasteiger partial charge in [-0.3, -0.25) is 0 Å². The zero-order chi connectivity index (χ0) is 15.6. The maximum absolute atomic E-state index is 14.0. The minimum Gasteiger partial charge on any atom is -0.365 e. The predicted octanol–water partition coefficient (Wildman–Crippen LogP) is 3.72. The summed E-state index contributed by atoms with van der Waals surface area (Å²) < 4.78 is 40.5. The third-order valence-corrected chi connectivity index (χ3v) is 4.51. The molecule has 0 aliphatic carbocycles. The molecule has 114 valence electrons. The minimum atomic E-state index is -1.48. The fourth-order valence-electron chi connectivity index (χ4n) is 2.06. The quantitative estimate of drug-likeness (QED) is 0.827. The highest BCUT2D eigenvalue weighted by Gasteiger charge is 2.23. The van der Waals surface area contributed by atoms with Gasteiger partial charge in [-0.1, -0.05) is 6.92 Å². The molecular weight excluding hydrogens is 299 g/mol. The Labute approximate surface area is 125 Å². The van der Waals surface area contributed by atoms with Crippen LogP contribution in [-0.4, -0.2) is 18.6 Å². The van der Waals surface area contributed by atoms with E-state index < -0.39 is 17.5 Å². The van der Waals surface area contributed by atoms with Crippen LogP contribution in [0.2, 0.25) is 0 Å². The number of nitrogens with two attached hydrogens (primary N) is 1. The Hall–Kier alpha value is -1.60. The molecule has 7 heteroatoms. The Morgan fingerprint density at radius 2 is 2.00 bits per heavy atom. The third kappa shape index (κ3) is 3.03. The molecule has 3 N–H and O–H groups in total. The fourth-order valence-corrected chi connectivity index (χ4v) is 3.07. The SMILES string of the molecule is CNc1nc(-c2ccc(F)c(F)c2F)c(C(C)CCN)s1. The number of anilines is 1. The number of thiazole rings is 1. The molecule has 2 aromatic rings. The highest BCUT2D eigenvalue weighted by atomic mass is 32.1. The van der Waals surface area contributed by atoms with Crippen LogP contribution in [0.15, 0.2) is 12.1 Å². The summed E-state index contributed by atoms with van der Waals surface area (Å²) in [5, 5.41) is 3.48. The lowest BCUT2D eigenvalue weighted by Gasteiger charge is -2.10. The van der Waals surface area contributed by atoms with Crippen molar-refractivity contribution < 1.29 is 13.2 Å². The van der Waals surface area contributed by atoms with Gasteiger partial charge in [-0.25, -0.2) is 18.2 Å². The molecule has 1 aromatic heterocycles. The molecule has 0 fully saturated rings. The van der Waals surface area contributed by atoms with Crippen LogP contribution in [0.4, 0.5) is 18.3 Å². The maximum Gasteiger partial charge on any atom is 0.195 e. The van der Waals surface area contributed by atoms with Crippen LogP contribution in [-0.2, 0) is 0 Å². The van der Waals surface area contributed by atoms with E-state index in [4.69, 9.17) is 5.73 Å². The molecule has 0 radical (unpaired) electrons. The molecule has 0 aliphatic rings. The Kier molecular flexibility index (Phi) is 4.84. The van der Waals surface area contributed by atoms with Gasteiger partial charge in [0.05, 0.1) is 5.69 Å². The molecule has 0 spiro atoms. The van der Waals surface area contributed by atoms with E-state index in [1.165, 1.54) is 17.4 Å². The van der Waals surface area contributed by atoms with Crippen LogP contribution in [0.1, 0.15) is 24.1 Å². The van der Waals surface area contributed by atoms with E-state index in [1.807, 2.05) is 6.92 Å². The summed E-state index contributed by atoms with van der Waals surface area (Å²) in [6, 6.07) is 2.12. The zero-order valence-corrected chi connectivity index (χ0v) is 12.5. The summed E-state index contributed by atoms with van der Waals surface area (Å²) in [6.45, 7) is 2.43. The van der Waals surface area contributed by atoms with Gasteiger partial charge in [0, 0.05) is 17.5 Å². The number of aromatic nitrogens is 1. The van der Waals surface area contributed by atoms with Crippen LogP contribution in [0.3, 0.4) is 0 Å². The summed E-state index contributed by atoms with van der Waals surface area (Å²) in [5.74, 6) is -3.86. The van der Waals surface area contributed by atoms with E-state index in [1.54, 1.807) is 7.05 Å².